The molecule has 3 heterocycles. The summed E-state index contributed by atoms with van der Waals surface area (Å²) in [6, 6.07) is 18.7. The molecule has 2 amide bonds. The third kappa shape index (κ3) is 6.64. The normalized spacial score (nSPS) is 14.1. The first-order valence-electron chi connectivity index (χ1n) is 13.4. The van der Waals surface area contributed by atoms with Crippen LogP contribution in [0.15, 0.2) is 72.2 Å². The first-order valence-corrected chi connectivity index (χ1v) is 14.6. The van der Waals surface area contributed by atoms with E-state index in [4.69, 9.17) is 16.6 Å². The van der Waals surface area contributed by atoms with E-state index in [2.05, 4.69) is 4.98 Å². The number of anilines is 2. The minimum absolute atomic E-state index is 0.0895. The number of pyridine rings is 1. The highest BCUT2D eigenvalue weighted by Gasteiger charge is 2.28. The Bertz CT molecular complexity index is 1560. The molecule has 0 spiro atoms. The minimum atomic E-state index is -1.03. The molecule has 2 aromatic heterocycles. The lowest BCUT2D eigenvalue weighted by Gasteiger charge is -2.25. The Hall–Kier alpha value is -4.08. The molecule has 4 aromatic rings. The van der Waals surface area contributed by atoms with Gasteiger partial charge in [-0.15, -0.1) is 11.3 Å². The number of amides is 2. The molecule has 0 radical (unpaired) electrons. The van der Waals surface area contributed by atoms with Crippen LogP contribution in [0.5, 0.6) is 0 Å². The van der Waals surface area contributed by atoms with Crippen molar-refractivity contribution in [3.63, 3.8) is 0 Å². The Kier molecular flexibility index (Phi) is 8.75. The van der Waals surface area contributed by atoms with Gasteiger partial charge in [0, 0.05) is 47.7 Å². The van der Waals surface area contributed by atoms with Gasteiger partial charge in [-0.1, -0.05) is 48.0 Å². The molecule has 8 nitrogen and oxygen atoms in total. The summed E-state index contributed by atoms with van der Waals surface area (Å²) in [6.45, 7) is 0.671. The zero-order valence-corrected chi connectivity index (χ0v) is 24.1. The van der Waals surface area contributed by atoms with Crippen molar-refractivity contribution in [1.29, 1.82) is 0 Å². The molecule has 1 atom stereocenters. The largest absolute Gasteiger partial charge is 0.481 e. The molecule has 5 rings (SSSR count). The van der Waals surface area contributed by atoms with Crippen molar-refractivity contribution in [2.24, 2.45) is 5.92 Å². The smallest absolute Gasteiger partial charge is 0.304 e. The van der Waals surface area contributed by atoms with E-state index in [9.17, 15) is 19.5 Å². The number of hydrogen-bond donors (Lipinski definition) is 1. The van der Waals surface area contributed by atoms with Crippen LogP contribution in [0.2, 0.25) is 5.02 Å². The fourth-order valence-corrected chi connectivity index (χ4v) is 5.97. The number of carboxylic acid groups (broad SMARTS) is 1. The summed E-state index contributed by atoms with van der Waals surface area (Å²) in [7, 11) is 1.62. The number of halogens is 1. The van der Waals surface area contributed by atoms with Crippen molar-refractivity contribution in [1.82, 2.24) is 9.97 Å². The molecule has 41 heavy (non-hydrogen) atoms. The van der Waals surface area contributed by atoms with Crippen molar-refractivity contribution in [3.05, 3.63) is 82.8 Å². The second-order valence-corrected chi connectivity index (χ2v) is 11.3. The van der Waals surface area contributed by atoms with Crippen LogP contribution in [0, 0.1) is 5.92 Å². The van der Waals surface area contributed by atoms with E-state index < -0.39 is 11.9 Å². The van der Waals surface area contributed by atoms with Gasteiger partial charge in [0.05, 0.1) is 18.0 Å². The van der Waals surface area contributed by atoms with Gasteiger partial charge in [-0.2, -0.15) is 0 Å². The number of benzene rings is 2. The quantitative estimate of drug-likeness (QED) is 0.245. The van der Waals surface area contributed by atoms with Gasteiger partial charge in [-0.05, 0) is 54.7 Å². The molecule has 0 unspecified atom stereocenters. The van der Waals surface area contributed by atoms with Crippen LogP contribution in [-0.2, 0) is 20.8 Å². The number of aliphatic carboxylic acids is 1. The molecule has 1 aliphatic heterocycles. The molecule has 0 bridgehead atoms. The third-order valence-corrected chi connectivity index (χ3v) is 8.27. The Morgan fingerprint density at radius 1 is 1.10 bits per heavy atom. The minimum Gasteiger partial charge on any atom is -0.481 e. The predicted molar refractivity (Wildman–Crippen MR) is 161 cm³/mol. The van der Waals surface area contributed by atoms with E-state index in [0.717, 1.165) is 35.1 Å². The number of carbonyl (C=O) groups excluding carboxylic acids is 2. The van der Waals surface area contributed by atoms with Gasteiger partial charge >= 0.3 is 5.97 Å². The summed E-state index contributed by atoms with van der Waals surface area (Å²) in [4.78, 5) is 49.8. The van der Waals surface area contributed by atoms with Gasteiger partial charge in [-0.3, -0.25) is 24.2 Å². The van der Waals surface area contributed by atoms with Crippen molar-refractivity contribution in [3.8, 4) is 22.4 Å². The molecule has 1 aliphatic rings. The lowest BCUT2D eigenvalue weighted by Crippen LogP contribution is -2.35. The number of piperidine rings is 1. The van der Waals surface area contributed by atoms with Gasteiger partial charge in [0.25, 0.3) is 0 Å². The molecule has 1 saturated heterocycles. The lowest BCUT2D eigenvalue weighted by atomic mass is 9.95. The molecule has 2 aromatic carbocycles. The van der Waals surface area contributed by atoms with Gasteiger partial charge in [0.1, 0.15) is 5.82 Å². The molecule has 0 aliphatic carbocycles. The molecule has 1 fully saturated rings. The van der Waals surface area contributed by atoms with Gasteiger partial charge in [0.2, 0.25) is 11.8 Å². The SMILES string of the molecule is CN(C(=O)[C@@H](CC(=O)O)Cc1ccccc1)c1nc(-c2cc(Cl)ccc2-c2ccc(N3CCCCC3=O)nc2)cs1. The summed E-state index contributed by atoms with van der Waals surface area (Å²) in [5.41, 5.74) is 4.00. The van der Waals surface area contributed by atoms with E-state index in [1.807, 2.05) is 60.0 Å². The number of nitrogens with zero attached hydrogens (tertiary/aromatic N) is 4. The molecule has 10 heteroatoms. The summed E-state index contributed by atoms with van der Waals surface area (Å²) >= 11 is 7.68. The van der Waals surface area contributed by atoms with Crippen molar-refractivity contribution in [2.75, 3.05) is 23.4 Å². The van der Waals surface area contributed by atoms with E-state index in [-0.39, 0.29) is 18.2 Å². The van der Waals surface area contributed by atoms with Crippen LogP contribution < -0.4 is 9.80 Å². The zero-order chi connectivity index (χ0) is 28.9. The maximum Gasteiger partial charge on any atom is 0.304 e. The van der Waals surface area contributed by atoms with E-state index >= 15 is 0 Å². The fraction of sp³-hybridized carbons (Fsp3) is 0.258. The Morgan fingerprint density at radius 2 is 1.90 bits per heavy atom. The predicted octanol–water partition coefficient (Wildman–Crippen LogP) is 6.34. The molecular weight excluding hydrogens is 560 g/mol. The maximum absolute atomic E-state index is 13.4. The van der Waals surface area contributed by atoms with E-state index in [1.54, 1.807) is 24.2 Å². The molecule has 1 N–H and O–H groups in total. The Morgan fingerprint density at radius 3 is 2.61 bits per heavy atom. The van der Waals surface area contributed by atoms with Crippen molar-refractivity contribution in [2.45, 2.75) is 32.1 Å². The topological polar surface area (TPSA) is 104 Å². The Labute approximate surface area is 247 Å². The zero-order valence-electron chi connectivity index (χ0n) is 22.5. The average molecular weight is 589 g/mol. The second kappa shape index (κ2) is 12.6. The van der Waals surface area contributed by atoms with Crippen LogP contribution in [0.4, 0.5) is 10.9 Å². The van der Waals surface area contributed by atoms with Crippen LogP contribution in [0.3, 0.4) is 0 Å². The number of carbonyl (C=O) groups is 3. The summed E-state index contributed by atoms with van der Waals surface area (Å²) < 4.78 is 0. The summed E-state index contributed by atoms with van der Waals surface area (Å²) in [6.07, 6.45) is 4.19. The highest BCUT2D eigenvalue weighted by atomic mass is 35.5. The number of rotatable bonds is 9. The summed E-state index contributed by atoms with van der Waals surface area (Å²) in [5, 5.41) is 12.3. The third-order valence-electron chi connectivity index (χ3n) is 7.12. The second-order valence-electron chi connectivity index (χ2n) is 9.99. The number of carboxylic acids is 1. The Balaban J connectivity index is 1.40. The van der Waals surface area contributed by atoms with Crippen LogP contribution >= 0.6 is 22.9 Å². The van der Waals surface area contributed by atoms with Crippen LogP contribution in [0.1, 0.15) is 31.2 Å². The van der Waals surface area contributed by atoms with E-state index in [0.29, 0.717) is 41.1 Å². The van der Waals surface area contributed by atoms with Gasteiger partial charge < -0.3 is 5.11 Å². The van der Waals surface area contributed by atoms with Crippen molar-refractivity contribution >= 4 is 51.7 Å². The maximum atomic E-state index is 13.4. The van der Waals surface area contributed by atoms with Gasteiger partial charge in [-0.25, -0.2) is 9.97 Å². The standard InChI is InChI=1S/C31H29ClN4O4S/c1-35(30(40)22(16-29(38)39)15-20-7-3-2-4-8-20)31-34-26(19-41-31)25-17-23(32)11-12-24(25)21-10-13-27(33-18-21)36-14-6-5-9-28(36)37/h2-4,7-8,10-13,17-19,22H,5-6,9,14-16H2,1H3,(H,38,39)/t22-/m1/s1. The van der Waals surface area contributed by atoms with Crippen LogP contribution in [0.25, 0.3) is 22.4 Å². The molecule has 0 saturated carbocycles. The molecular formula is C31H29ClN4O4S. The molecule has 210 valence electrons. The fourth-order valence-electron chi connectivity index (χ4n) is 5.00. The van der Waals surface area contributed by atoms with Crippen LogP contribution in [-0.4, -0.2) is 46.5 Å². The van der Waals surface area contributed by atoms with Crippen molar-refractivity contribution < 1.29 is 19.5 Å². The number of aromatic nitrogens is 2. The lowest BCUT2D eigenvalue weighted by molar-refractivity contribution is -0.140. The highest BCUT2D eigenvalue weighted by Crippen LogP contribution is 2.37. The first kappa shape index (κ1) is 28.4. The summed E-state index contributed by atoms with van der Waals surface area (Å²) in [5.74, 6) is -1.34. The first-order chi connectivity index (χ1) is 19.8. The monoisotopic (exact) mass is 588 g/mol. The average Bonchev–Trinajstić information content (AvgIpc) is 3.47. The number of hydrogen-bond acceptors (Lipinski definition) is 6. The van der Waals surface area contributed by atoms with Gasteiger partial charge in [0.15, 0.2) is 5.13 Å². The van der Waals surface area contributed by atoms with E-state index in [1.165, 1.54) is 16.2 Å². The number of thiazole rings is 1. The highest BCUT2D eigenvalue weighted by molar-refractivity contribution is 7.14.